The van der Waals surface area contributed by atoms with Gasteiger partial charge in [0.25, 0.3) is 20.2 Å². The summed E-state index contributed by atoms with van der Waals surface area (Å²) in [6.07, 6.45) is 20.4. The van der Waals surface area contributed by atoms with Gasteiger partial charge in [0, 0.05) is 9.79 Å². The Morgan fingerprint density at radius 3 is 0.844 bits per heavy atom. The Morgan fingerprint density at radius 2 is 0.644 bits per heavy atom. The smallest absolute Gasteiger partial charge is 0.282 e. The van der Waals surface area contributed by atoms with Gasteiger partial charge in [0.15, 0.2) is 0 Å². The van der Waals surface area contributed by atoms with Crippen molar-refractivity contribution in [2.75, 3.05) is 0 Å². The molecule has 0 atom stereocenters. The quantitative estimate of drug-likeness (QED) is 0.268. The molecule has 0 heterocycles. The van der Waals surface area contributed by atoms with Gasteiger partial charge in [-0.15, -0.1) is 0 Å². The fourth-order valence-corrected chi connectivity index (χ4v) is 12.1. The van der Waals surface area contributed by atoms with Crippen molar-refractivity contribution in [2.45, 2.75) is 172 Å². The topological polar surface area (TPSA) is 109 Å². The maximum Gasteiger partial charge on any atom is 0.295 e. The minimum atomic E-state index is -4.42. The first-order valence-corrected chi connectivity index (χ1v) is 21.3. The zero-order valence-electron chi connectivity index (χ0n) is 26.5. The van der Waals surface area contributed by atoms with E-state index in [0.29, 0.717) is 0 Å². The van der Waals surface area contributed by atoms with Gasteiger partial charge in [-0.05, 0) is 122 Å². The van der Waals surface area contributed by atoms with Crippen LogP contribution in [0.2, 0.25) is 0 Å². The standard InChI is InChI=1S/C36H50O6S3/c37-44(38,39)35-31(25-13-5-1-6-14-25)21-29(22-32(35)26-15-7-2-8-16-26)43-30-23-33(27-17-9-3-10-18-27)36(45(40,41)42)34(24-30)28-19-11-4-12-20-28/h21-28H,1-20H2,(H,37,38,39)(H,40,41,42). The van der Waals surface area contributed by atoms with Gasteiger partial charge < -0.3 is 0 Å². The van der Waals surface area contributed by atoms with Crippen LogP contribution >= 0.6 is 11.8 Å². The van der Waals surface area contributed by atoms with E-state index >= 15 is 0 Å². The van der Waals surface area contributed by atoms with Crippen LogP contribution in [0.15, 0.2) is 43.8 Å². The van der Waals surface area contributed by atoms with Crippen molar-refractivity contribution in [2.24, 2.45) is 0 Å². The normalized spacial score (nSPS) is 22.1. The third kappa shape index (κ3) is 7.85. The van der Waals surface area contributed by atoms with Crippen molar-refractivity contribution in [1.29, 1.82) is 0 Å². The Hall–Kier alpha value is -1.39. The Balaban J connectivity index is 1.50. The molecule has 0 unspecified atom stereocenters. The fourth-order valence-electron chi connectivity index (χ4n) is 9.01. The highest BCUT2D eigenvalue weighted by atomic mass is 32.2. The second kappa shape index (κ2) is 14.4. The van der Waals surface area contributed by atoms with E-state index in [9.17, 15) is 25.9 Å². The predicted molar refractivity (Wildman–Crippen MR) is 180 cm³/mol. The first-order valence-electron chi connectivity index (χ1n) is 17.6. The minimum absolute atomic E-state index is 0.0936. The average molecular weight is 675 g/mol. The molecule has 2 N–H and O–H groups in total. The summed E-state index contributed by atoms with van der Waals surface area (Å²) in [6, 6.07) is 8.03. The maximum absolute atomic E-state index is 13.1. The molecule has 6 nitrogen and oxygen atoms in total. The van der Waals surface area contributed by atoms with E-state index in [0.717, 1.165) is 160 Å². The van der Waals surface area contributed by atoms with E-state index in [-0.39, 0.29) is 33.5 Å². The molecule has 2 aromatic carbocycles. The summed E-state index contributed by atoms with van der Waals surface area (Å²) in [5.74, 6) is 0.374. The van der Waals surface area contributed by atoms with Gasteiger partial charge in [0.05, 0.1) is 0 Å². The maximum atomic E-state index is 13.1. The first-order chi connectivity index (χ1) is 21.6. The largest absolute Gasteiger partial charge is 0.295 e. The van der Waals surface area contributed by atoms with Crippen LogP contribution in [0.4, 0.5) is 0 Å². The lowest BCUT2D eigenvalue weighted by Gasteiger charge is -2.30. The lowest BCUT2D eigenvalue weighted by atomic mass is 9.80. The summed E-state index contributed by atoms with van der Waals surface area (Å²) in [5.41, 5.74) is 3.05. The molecule has 0 spiro atoms. The molecule has 4 aliphatic rings. The molecule has 0 bridgehead atoms. The van der Waals surface area contributed by atoms with Crippen LogP contribution in [0.3, 0.4) is 0 Å². The van der Waals surface area contributed by atoms with Crippen LogP contribution < -0.4 is 0 Å². The average Bonchev–Trinajstić information content (AvgIpc) is 3.04. The third-order valence-corrected chi connectivity index (χ3v) is 14.1. The van der Waals surface area contributed by atoms with Gasteiger partial charge in [-0.2, -0.15) is 16.8 Å². The molecule has 0 aromatic heterocycles. The molecule has 4 aliphatic carbocycles. The Labute approximate surface area is 275 Å². The summed E-state index contributed by atoms with van der Waals surface area (Å²) in [7, 11) is -8.84. The molecule has 0 amide bonds. The van der Waals surface area contributed by atoms with E-state index in [4.69, 9.17) is 0 Å². The van der Waals surface area contributed by atoms with Gasteiger partial charge in [0.1, 0.15) is 9.79 Å². The molecular formula is C36H50O6S3. The lowest BCUT2D eigenvalue weighted by Crippen LogP contribution is -2.17. The molecule has 2 aromatic rings. The van der Waals surface area contributed by atoms with Gasteiger partial charge in [-0.3, -0.25) is 9.11 Å². The van der Waals surface area contributed by atoms with Crippen LogP contribution in [-0.4, -0.2) is 25.9 Å². The second-order valence-electron chi connectivity index (χ2n) is 14.3. The van der Waals surface area contributed by atoms with Gasteiger partial charge >= 0.3 is 0 Å². The van der Waals surface area contributed by atoms with Crippen LogP contribution in [0.1, 0.15) is 174 Å². The van der Waals surface area contributed by atoms with E-state index < -0.39 is 20.2 Å². The van der Waals surface area contributed by atoms with E-state index in [1.54, 1.807) is 11.8 Å². The van der Waals surface area contributed by atoms with Gasteiger partial charge in [-0.25, -0.2) is 0 Å². The molecule has 4 fully saturated rings. The number of rotatable bonds is 8. The molecule has 6 rings (SSSR count). The second-order valence-corrected chi connectivity index (χ2v) is 18.1. The SMILES string of the molecule is O=S(=O)(O)c1c(C2CCCCC2)cc(Sc2cc(C3CCCCC3)c(S(=O)(=O)O)c(C3CCCCC3)c2)cc1C1CCCCC1. The molecule has 0 radical (unpaired) electrons. The lowest BCUT2D eigenvalue weighted by molar-refractivity contribution is 0.418. The van der Waals surface area contributed by atoms with Crippen molar-refractivity contribution in [1.82, 2.24) is 0 Å². The van der Waals surface area contributed by atoms with Crippen molar-refractivity contribution in [3.8, 4) is 0 Å². The van der Waals surface area contributed by atoms with Gasteiger partial charge in [0.2, 0.25) is 0 Å². The monoisotopic (exact) mass is 674 g/mol. The van der Waals surface area contributed by atoms with Crippen molar-refractivity contribution >= 4 is 32.0 Å². The molecule has 4 saturated carbocycles. The zero-order chi connectivity index (χ0) is 31.6. The number of benzene rings is 2. The third-order valence-electron chi connectivity index (χ3n) is 11.2. The van der Waals surface area contributed by atoms with Gasteiger partial charge in [-0.1, -0.05) is 88.8 Å². The molecule has 0 aliphatic heterocycles. The van der Waals surface area contributed by atoms with E-state index in [1.807, 2.05) is 24.3 Å². The minimum Gasteiger partial charge on any atom is -0.282 e. The van der Waals surface area contributed by atoms with E-state index in [2.05, 4.69) is 0 Å². The summed E-state index contributed by atoms with van der Waals surface area (Å²) >= 11 is 1.59. The summed E-state index contributed by atoms with van der Waals surface area (Å²) < 4.78 is 73.6. The van der Waals surface area contributed by atoms with Crippen LogP contribution in [-0.2, 0) is 20.2 Å². The molecule has 0 saturated heterocycles. The highest BCUT2D eigenvalue weighted by molar-refractivity contribution is 7.99. The highest BCUT2D eigenvalue weighted by Gasteiger charge is 2.33. The Bertz CT molecular complexity index is 1360. The highest BCUT2D eigenvalue weighted by Crippen LogP contribution is 2.48. The first kappa shape index (κ1) is 33.5. The summed E-state index contributed by atoms with van der Waals surface area (Å²) in [6.45, 7) is 0. The zero-order valence-corrected chi connectivity index (χ0v) is 29.0. The summed E-state index contributed by atoms with van der Waals surface area (Å²) in [4.78, 5) is 2.20. The Morgan fingerprint density at radius 1 is 0.422 bits per heavy atom. The number of hydrogen-bond donors (Lipinski definition) is 2. The molecule has 45 heavy (non-hydrogen) atoms. The van der Waals surface area contributed by atoms with Crippen LogP contribution in [0, 0.1) is 0 Å². The van der Waals surface area contributed by atoms with Crippen LogP contribution in [0.5, 0.6) is 0 Å². The van der Waals surface area contributed by atoms with E-state index in [1.165, 1.54) is 0 Å². The van der Waals surface area contributed by atoms with Crippen molar-refractivity contribution in [3.05, 3.63) is 46.5 Å². The molecule has 248 valence electrons. The summed E-state index contributed by atoms with van der Waals surface area (Å²) in [5, 5.41) is 0. The van der Waals surface area contributed by atoms with Crippen molar-refractivity contribution < 1.29 is 25.9 Å². The van der Waals surface area contributed by atoms with Crippen molar-refractivity contribution in [3.63, 3.8) is 0 Å². The predicted octanol–water partition coefficient (Wildman–Crippen LogP) is 10.5. The number of hydrogen-bond acceptors (Lipinski definition) is 5. The molecular weight excluding hydrogens is 625 g/mol. The van der Waals surface area contributed by atoms with Crippen LogP contribution in [0.25, 0.3) is 0 Å². The Kier molecular flexibility index (Phi) is 10.7. The fraction of sp³-hybridized carbons (Fsp3) is 0.667. The molecule has 9 heteroatoms.